The Morgan fingerprint density at radius 2 is 1.96 bits per heavy atom. The molecule has 7 heteroatoms. The van der Waals surface area contributed by atoms with Crippen LogP contribution in [-0.2, 0) is 18.9 Å². The lowest BCUT2D eigenvalue weighted by Gasteiger charge is -2.11. The van der Waals surface area contributed by atoms with Crippen molar-refractivity contribution in [2.75, 3.05) is 0 Å². The SMILES string of the molecule is C=CCn1c(COc2cc(C)c(Cl)c(C)c2)nnc1SCc1cccc(Br)c1. The minimum absolute atomic E-state index is 0.332. The van der Waals surface area contributed by atoms with Gasteiger partial charge >= 0.3 is 0 Å². The van der Waals surface area contributed by atoms with E-state index >= 15 is 0 Å². The highest BCUT2D eigenvalue weighted by Crippen LogP contribution is 2.27. The molecular weight excluding hydrogens is 458 g/mol. The highest BCUT2D eigenvalue weighted by atomic mass is 79.9. The van der Waals surface area contributed by atoms with Gasteiger partial charge in [-0.15, -0.1) is 16.8 Å². The van der Waals surface area contributed by atoms with E-state index in [0.29, 0.717) is 13.2 Å². The molecule has 1 heterocycles. The molecule has 0 aliphatic rings. The van der Waals surface area contributed by atoms with Crippen molar-refractivity contribution in [1.82, 2.24) is 14.8 Å². The number of allylic oxidation sites excluding steroid dienone is 1. The maximum absolute atomic E-state index is 6.23. The zero-order valence-electron chi connectivity index (χ0n) is 15.8. The molecule has 28 heavy (non-hydrogen) atoms. The van der Waals surface area contributed by atoms with Crippen molar-refractivity contribution in [2.45, 2.75) is 37.9 Å². The number of thioether (sulfide) groups is 1. The van der Waals surface area contributed by atoms with Crippen LogP contribution < -0.4 is 4.74 Å². The summed E-state index contributed by atoms with van der Waals surface area (Å²) in [6.07, 6.45) is 1.84. The van der Waals surface area contributed by atoms with E-state index in [2.05, 4.69) is 44.8 Å². The molecule has 0 bridgehead atoms. The van der Waals surface area contributed by atoms with Gasteiger partial charge in [0.25, 0.3) is 0 Å². The fourth-order valence-corrected chi connectivity index (χ4v) is 4.22. The molecular formula is C21H21BrClN3OS. The molecule has 0 radical (unpaired) electrons. The van der Waals surface area contributed by atoms with Crippen molar-refractivity contribution in [3.8, 4) is 5.75 Å². The van der Waals surface area contributed by atoms with Gasteiger partial charge in [-0.2, -0.15) is 0 Å². The number of nitrogens with zero attached hydrogens (tertiary/aromatic N) is 3. The van der Waals surface area contributed by atoms with Crippen molar-refractivity contribution in [1.29, 1.82) is 0 Å². The Bertz CT molecular complexity index is 967. The zero-order valence-corrected chi connectivity index (χ0v) is 18.9. The molecule has 0 saturated heterocycles. The topological polar surface area (TPSA) is 39.9 Å². The Labute approximate surface area is 183 Å². The zero-order chi connectivity index (χ0) is 20.1. The number of aromatic nitrogens is 3. The van der Waals surface area contributed by atoms with Gasteiger partial charge in [0.2, 0.25) is 0 Å². The van der Waals surface area contributed by atoms with E-state index < -0.39 is 0 Å². The second kappa shape index (κ2) is 9.63. The lowest BCUT2D eigenvalue weighted by molar-refractivity contribution is 0.289. The molecule has 4 nitrogen and oxygen atoms in total. The van der Waals surface area contributed by atoms with E-state index in [1.807, 2.05) is 48.8 Å². The summed E-state index contributed by atoms with van der Waals surface area (Å²) < 4.78 is 9.06. The summed E-state index contributed by atoms with van der Waals surface area (Å²) in [4.78, 5) is 0. The average Bonchev–Trinajstić information content (AvgIpc) is 3.05. The first-order chi connectivity index (χ1) is 13.5. The van der Waals surface area contributed by atoms with Crippen molar-refractivity contribution in [3.63, 3.8) is 0 Å². The highest BCUT2D eigenvalue weighted by molar-refractivity contribution is 9.10. The third kappa shape index (κ3) is 5.19. The van der Waals surface area contributed by atoms with Gasteiger partial charge in [-0.1, -0.05) is 57.5 Å². The number of aryl methyl sites for hydroxylation is 2. The smallest absolute Gasteiger partial charge is 0.191 e. The van der Waals surface area contributed by atoms with Crippen LogP contribution in [0, 0.1) is 13.8 Å². The summed E-state index contributed by atoms with van der Waals surface area (Å²) in [5.74, 6) is 2.35. The maximum Gasteiger partial charge on any atom is 0.191 e. The molecule has 0 spiro atoms. The van der Waals surface area contributed by atoms with Gasteiger partial charge in [0.15, 0.2) is 11.0 Å². The molecule has 2 aromatic carbocycles. The van der Waals surface area contributed by atoms with E-state index in [1.54, 1.807) is 11.8 Å². The molecule has 0 amide bonds. The standard InChI is InChI=1S/C21H21BrClN3OS/c1-4-8-26-19(12-27-18-9-14(2)20(23)15(3)10-18)24-25-21(26)28-13-16-6-5-7-17(22)11-16/h4-7,9-11H,1,8,12-13H2,2-3H3. The minimum Gasteiger partial charge on any atom is -0.486 e. The monoisotopic (exact) mass is 477 g/mol. The molecule has 1 aromatic heterocycles. The predicted octanol–water partition coefficient (Wildman–Crippen LogP) is 6.37. The third-order valence-electron chi connectivity index (χ3n) is 4.14. The average molecular weight is 479 g/mol. The van der Waals surface area contributed by atoms with E-state index in [9.17, 15) is 0 Å². The number of benzene rings is 2. The van der Waals surface area contributed by atoms with E-state index in [1.165, 1.54) is 5.56 Å². The Hall–Kier alpha value is -1.76. The summed E-state index contributed by atoms with van der Waals surface area (Å²) in [7, 11) is 0. The molecule has 0 atom stereocenters. The molecule has 0 aliphatic carbocycles. The van der Waals surface area contributed by atoms with E-state index in [4.69, 9.17) is 16.3 Å². The van der Waals surface area contributed by atoms with Gasteiger partial charge in [0, 0.05) is 21.8 Å². The van der Waals surface area contributed by atoms with Crippen molar-refractivity contribution < 1.29 is 4.74 Å². The molecule has 0 aliphatic heterocycles. The van der Waals surface area contributed by atoms with Gasteiger partial charge in [-0.3, -0.25) is 4.57 Å². The number of hydrogen-bond donors (Lipinski definition) is 0. The van der Waals surface area contributed by atoms with Gasteiger partial charge in [0.05, 0.1) is 0 Å². The van der Waals surface area contributed by atoms with Crippen LogP contribution in [0.1, 0.15) is 22.5 Å². The van der Waals surface area contributed by atoms with Crippen LogP contribution in [0.25, 0.3) is 0 Å². The van der Waals surface area contributed by atoms with Crippen LogP contribution in [0.15, 0.2) is 58.7 Å². The van der Waals surface area contributed by atoms with E-state index in [0.717, 1.165) is 43.1 Å². The van der Waals surface area contributed by atoms with Gasteiger partial charge < -0.3 is 4.74 Å². The fraction of sp³-hybridized carbons (Fsp3) is 0.238. The van der Waals surface area contributed by atoms with Crippen molar-refractivity contribution in [2.24, 2.45) is 0 Å². The molecule has 0 unspecified atom stereocenters. The number of halogens is 2. The van der Waals surface area contributed by atoms with Crippen LogP contribution in [0.4, 0.5) is 0 Å². The molecule has 3 rings (SSSR count). The number of rotatable bonds is 8. The largest absolute Gasteiger partial charge is 0.486 e. The number of hydrogen-bond acceptors (Lipinski definition) is 4. The van der Waals surface area contributed by atoms with Crippen LogP contribution in [-0.4, -0.2) is 14.8 Å². The van der Waals surface area contributed by atoms with Gasteiger partial charge in [-0.05, 0) is 54.8 Å². The lowest BCUT2D eigenvalue weighted by atomic mass is 10.1. The summed E-state index contributed by atoms with van der Waals surface area (Å²) in [6, 6.07) is 12.1. The Morgan fingerprint density at radius 3 is 2.64 bits per heavy atom. The predicted molar refractivity (Wildman–Crippen MR) is 119 cm³/mol. The highest BCUT2D eigenvalue weighted by Gasteiger charge is 2.13. The molecule has 0 N–H and O–H groups in total. The quantitative estimate of drug-likeness (QED) is 0.279. The Balaban J connectivity index is 1.72. The molecule has 3 aromatic rings. The van der Waals surface area contributed by atoms with Crippen LogP contribution in [0.2, 0.25) is 5.02 Å². The second-order valence-electron chi connectivity index (χ2n) is 6.38. The molecule has 146 valence electrons. The first-order valence-electron chi connectivity index (χ1n) is 8.77. The maximum atomic E-state index is 6.23. The minimum atomic E-state index is 0.332. The van der Waals surface area contributed by atoms with Crippen LogP contribution in [0.3, 0.4) is 0 Å². The lowest BCUT2D eigenvalue weighted by Crippen LogP contribution is -2.07. The Morgan fingerprint density at radius 1 is 1.21 bits per heavy atom. The van der Waals surface area contributed by atoms with Gasteiger partial charge in [-0.25, -0.2) is 0 Å². The van der Waals surface area contributed by atoms with Crippen LogP contribution in [0.5, 0.6) is 5.75 Å². The van der Waals surface area contributed by atoms with E-state index in [-0.39, 0.29) is 0 Å². The normalized spacial score (nSPS) is 10.9. The summed E-state index contributed by atoms with van der Waals surface area (Å²) in [5.41, 5.74) is 3.21. The molecule has 0 saturated carbocycles. The van der Waals surface area contributed by atoms with Crippen molar-refractivity contribution >= 4 is 39.3 Å². The Kier molecular flexibility index (Phi) is 7.21. The van der Waals surface area contributed by atoms with Gasteiger partial charge in [0.1, 0.15) is 12.4 Å². The number of ether oxygens (including phenoxy) is 1. The summed E-state index contributed by atoms with van der Waals surface area (Å²) in [5, 5.41) is 10.3. The molecule has 0 fully saturated rings. The first kappa shape index (κ1) is 21.0. The first-order valence-corrected chi connectivity index (χ1v) is 10.9. The second-order valence-corrected chi connectivity index (χ2v) is 8.61. The fourth-order valence-electron chi connectivity index (χ4n) is 2.76. The summed E-state index contributed by atoms with van der Waals surface area (Å²) >= 11 is 11.4. The van der Waals surface area contributed by atoms with Crippen LogP contribution >= 0.6 is 39.3 Å². The summed E-state index contributed by atoms with van der Waals surface area (Å²) in [6.45, 7) is 8.76. The van der Waals surface area contributed by atoms with Crippen molar-refractivity contribution in [3.05, 3.63) is 81.1 Å². The third-order valence-corrected chi connectivity index (χ3v) is 6.27.